The molecular formula is C12H19N3OS. The highest BCUT2D eigenvalue weighted by Crippen LogP contribution is 2.10. The lowest BCUT2D eigenvalue weighted by molar-refractivity contribution is -0.121. The molecule has 1 unspecified atom stereocenters. The lowest BCUT2D eigenvalue weighted by atomic mass is 10.1. The molecule has 1 aromatic heterocycles. The minimum atomic E-state index is 0.0931. The molecule has 5 heteroatoms. The minimum Gasteiger partial charge on any atom is -0.352 e. The first kappa shape index (κ1) is 12.5. The molecule has 4 nitrogen and oxygen atoms in total. The van der Waals surface area contributed by atoms with Gasteiger partial charge in [-0.3, -0.25) is 4.79 Å². The van der Waals surface area contributed by atoms with Gasteiger partial charge >= 0.3 is 0 Å². The number of thiazole rings is 1. The van der Waals surface area contributed by atoms with Crippen molar-refractivity contribution in [1.82, 2.24) is 15.2 Å². The molecule has 0 radical (unpaired) electrons. The molecule has 2 rings (SSSR count). The lowest BCUT2D eigenvalue weighted by Crippen LogP contribution is -2.46. The van der Waals surface area contributed by atoms with Crippen LogP contribution in [0.25, 0.3) is 0 Å². The Bertz CT molecular complexity index is 391. The van der Waals surface area contributed by atoms with Crippen LogP contribution in [0.5, 0.6) is 0 Å². The van der Waals surface area contributed by atoms with Crippen LogP contribution < -0.4 is 5.32 Å². The monoisotopic (exact) mass is 253 g/mol. The third kappa shape index (κ3) is 3.78. The standard InChI is InChI=1S/C12H19N3OS/c1-9-13-11(8-17-9)6-12(16)14-10-4-3-5-15(2)7-10/h8,10H,3-7H2,1-2H3,(H,14,16). The summed E-state index contributed by atoms with van der Waals surface area (Å²) in [5, 5.41) is 6.07. The number of rotatable bonds is 3. The number of carbonyl (C=O) groups is 1. The fraction of sp³-hybridized carbons (Fsp3) is 0.667. The molecule has 1 aliphatic heterocycles. The summed E-state index contributed by atoms with van der Waals surface area (Å²) in [6, 6.07) is 0.306. The van der Waals surface area contributed by atoms with Crippen molar-refractivity contribution in [3.05, 3.63) is 16.1 Å². The molecular weight excluding hydrogens is 234 g/mol. The highest BCUT2D eigenvalue weighted by atomic mass is 32.1. The Labute approximate surface area is 106 Å². The fourth-order valence-electron chi connectivity index (χ4n) is 2.22. The zero-order valence-electron chi connectivity index (χ0n) is 10.4. The molecule has 94 valence electrons. The fourth-order valence-corrected chi connectivity index (χ4v) is 2.83. The van der Waals surface area contributed by atoms with E-state index >= 15 is 0 Å². The predicted molar refractivity (Wildman–Crippen MR) is 69.2 cm³/mol. The van der Waals surface area contributed by atoms with Crippen molar-refractivity contribution in [2.75, 3.05) is 20.1 Å². The normalized spacial score (nSPS) is 21.4. The number of aromatic nitrogens is 1. The van der Waals surface area contributed by atoms with Gasteiger partial charge in [0.2, 0.25) is 5.91 Å². The molecule has 1 amide bonds. The number of piperidine rings is 1. The number of likely N-dealkylation sites (tertiary alicyclic amines) is 1. The maximum atomic E-state index is 11.8. The molecule has 0 aromatic carbocycles. The van der Waals surface area contributed by atoms with Crippen molar-refractivity contribution in [2.45, 2.75) is 32.2 Å². The average molecular weight is 253 g/mol. The lowest BCUT2D eigenvalue weighted by Gasteiger charge is -2.30. The topological polar surface area (TPSA) is 45.2 Å². The van der Waals surface area contributed by atoms with Crippen LogP contribution in [0.2, 0.25) is 0 Å². The van der Waals surface area contributed by atoms with E-state index in [1.54, 1.807) is 11.3 Å². The first-order valence-electron chi connectivity index (χ1n) is 6.02. The summed E-state index contributed by atoms with van der Waals surface area (Å²) >= 11 is 1.59. The van der Waals surface area contributed by atoms with E-state index in [-0.39, 0.29) is 5.91 Å². The summed E-state index contributed by atoms with van der Waals surface area (Å²) in [4.78, 5) is 18.4. The Morgan fingerprint density at radius 2 is 2.53 bits per heavy atom. The Kier molecular flexibility index (Phi) is 4.12. The van der Waals surface area contributed by atoms with Gasteiger partial charge in [-0.05, 0) is 33.4 Å². The number of likely N-dealkylation sites (N-methyl/N-ethyl adjacent to an activating group) is 1. The van der Waals surface area contributed by atoms with Crippen LogP contribution in [0.4, 0.5) is 0 Å². The van der Waals surface area contributed by atoms with Gasteiger partial charge in [0.15, 0.2) is 0 Å². The quantitative estimate of drug-likeness (QED) is 0.880. The van der Waals surface area contributed by atoms with Gasteiger partial charge in [-0.25, -0.2) is 4.98 Å². The van der Waals surface area contributed by atoms with Crippen molar-refractivity contribution >= 4 is 17.2 Å². The van der Waals surface area contributed by atoms with E-state index < -0.39 is 0 Å². The van der Waals surface area contributed by atoms with Gasteiger partial charge in [-0.15, -0.1) is 11.3 Å². The average Bonchev–Trinajstić information content (AvgIpc) is 2.63. The van der Waals surface area contributed by atoms with E-state index in [0.717, 1.165) is 36.6 Å². The molecule has 0 saturated carbocycles. The smallest absolute Gasteiger partial charge is 0.226 e. The van der Waals surface area contributed by atoms with Gasteiger partial charge in [-0.2, -0.15) is 0 Å². The molecule has 0 spiro atoms. The molecule has 1 aromatic rings. The Morgan fingerprint density at radius 3 is 3.18 bits per heavy atom. The Balaban J connectivity index is 1.80. The van der Waals surface area contributed by atoms with Crippen molar-refractivity contribution < 1.29 is 4.79 Å². The summed E-state index contributed by atoms with van der Waals surface area (Å²) in [5.41, 5.74) is 0.883. The van der Waals surface area contributed by atoms with E-state index in [1.807, 2.05) is 12.3 Å². The summed E-state index contributed by atoms with van der Waals surface area (Å²) in [6.45, 7) is 4.06. The first-order chi connectivity index (χ1) is 8.13. The predicted octanol–water partition coefficient (Wildman–Crippen LogP) is 1.20. The number of hydrogen-bond acceptors (Lipinski definition) is 4. The maximum absolute atomic E-state index is 11.8. The second-order valence-corrected chi connectivity index (χ2v) is 5.77. The van der Waals surface area contributed by atoms with Gasteiger partial charge in [0.25, 0.3) is 0 Å². The zero-order chi connectivity index (χ0) is 12.3. The summed E-state index contributed by atoms with van der Waals surface area (Å²) in [5.74, 6) is 0.0931. The summed E-state index contributed by atoms with van der Waals surface area (Å²) in [6.07, 6.45) is 2.66. The second kappa shape index (κ2) is 5.60. The zero-order valence-corrected chi connectivity index (χ0v) is 11.2. The van der Waals surface area contributed by atoms with E-state index in [4.69, 9.17) is 0 Å². The van der Waals surface area contributed by atoms with E-state index in [2.05, 4.69) is 22.2 Å². The van der Waals surface area contributed by atoms with E-state index in [1.165, 1.54) is 0 Å². The molecule has 1 atom stereocenters. The van der Waals surface area contributed by atoms with Gasteiger partial charge in [0.05, 0.1) is 17.1 Å². The number of nitrogens with one attached hydrogen (secondary N) is 1. The van der Waals surface area contributed by atoms with Crippen LogP contribution in [0.3, 0.4) is 0 Å². The molecule has 0 aliphatic carbocycles. The van der Waals surface area contributed by atoms with Crippen LogP contribution in [0.15, 0.2) is 5.38 Å². The largest absolute Gasteiger partial charge is 0.352 e. The Morgan fingerprint density at radius 1 is 1.71 bits per heavy atom. The van der Waals surface area contributed by atoms with Gasteiger partial charge in [0, 0.05) is 18.0 Å². The van der Waals surface area contributed by atoms with Crippen LogP contribution in [-0.2, 0) is 11.2 Å². The maximum Gasteiger partial charge on any atom is 0.226 e. The minimum absolute atomic E-state index is 0.0931. The molecule has 17 heavy (non-hydrogen) atoms. The summed E-state index contributed by atoms with van der Waals surface area (Å²) in [7, 11) is 2.10. The van der Waals surface area contributed by atoms with Crippen molar-refractivity contribution in [2.24, 2.45) is 0 Å². The molecule has 1 fully saturated rings. The second-order valence-electron chi connectivity index (χ2n) is 4.70. The molecule has 1 aliphatic rings. The third-order valence-corrected chi connectivity index (χ3v) is 3.82. The van der Waals surface area contributed by atoms with Crippen molar-refractivity contribution in [3.63, 3.8) is 0 Å². The van der Waals surface area contributed by atoms with Gasteiger partial charge in [-0.1, -0.05) is 0 Å². The van der Waals surface area contributed by atoms with Crippen LogP contribution in [0, 0.1) is 6.92 Å². The highest BCUT2D eigenvalue weighted by molar-refractivity contribution is 7.09. The SMILES string of the molecule is Cc1nc(CC(=O)NC2CCCN(C)C2)cs1. The van der Waals surface area contributed by atoms with Gasteiger partial charge in [0.1, 0.15) is 0 Å². The highest BCUT2D eigenvalue weighted by Gasteiger charge is 2.19. The van der Waals surface area contributed by atoms with Crippen LogP contribution in [-0.4, -0.2) is 42.0 Å². The van der Waals surface area contributed by atoms with E-state index in [9.17, 15) is 4.79 Å². The van der Waals surface area contributed by atoms with Crippen molar-refractivity contribution in [3.8, 4) is 0 Å². The number of amides is 1. The number of carbonyl (C=O) groups excluding carboxylic acids is 1. The van der Waals surface area contributed by atoms with Gasteiger partial charge < -0.3 is 10.2 Å². The molecule has 1 saturated heterocycles. The number of nitrogens with zero attached hydrogens (tertiary/aromatic N) is 2. The van der Waals surface area contributed by atoms with Crippen LogP contribution >= 0.6 is 11.3 Å². The first-order valence-corrected chi connectivity index (χ1v) is 6.90. The summed E-state index contributed by atoms with van der Waals surface area (Å²) < 4.78 is 0. The van der Waals surface area contributed by atoms with E-state index in [0.29, 0.717) is 12.5 Å². The third-order valence-electron chi connectivity index (χ3n) is 3.00. The number of hydrogen-bond donors (Lipinski definition) is 1. The van der Waals surface area contributed by atoms with Crippen molar-refractivity contribution in [1.29, 1.82) is 0 Å². The van der Waals surface area contributed by atoms with Crippen LogP contribution in [0.1, 0.15) is 23.5 Å². The molecule has 1 N–H and O–H groups in total. The number of aryl methyl sites for hydroxylation is 1. The Hall–Kier alpha value is -0.940. The molecule has 2 heterocycles. The molecule has 0 bridgehead atoms.